The van der Waals surface area contributed by atoms with Gasteiger partial charge in [-0.25, -0.2) is 9.59 Å². The highest BCUT2D eigenvalue weighted by Gasteiger charge is 2.71. The van der Waals surface area contributed by atoms with Gasteiger partial charge in [-0.05, 0) is 25.2 Å². The Labute approximate surface area is 189 Å². The number of hydrogen-bond donors (Lipinski definition) is 0. The predicted octanol–water partition coefficient (Wildman–Crippen LogP) is 1.92. The van der Waals surface area contributed by atoms with Crippen LogP contribution in [0.5, 0.6) is 0 Å². The number of carbonyl (C=O) groups is 2. The molecule has 4 fully saturated rings. The topological polar surface area (TPSA) is 83.5 Å². The molecule has 2 heterocycles. The van der Waals surface area contributed by atoms with E-state index >= 15 is 0 Å². The van der Waals surface area contributed by atoms with Crippen molar-refractivity contribution in [3.8, 4) is 0 Å². The second kappa shape index (κ2) is 7.79. The zero-order chi connectivity index (χ0) is 22.7. The summed E-state index contributed by atoms with van der Waals surface area (Å²) in [4.78, 5) is 28.3. The summed E-state index contributed by atoms with van der Waals surface area (Å²) in [6.07, 6.45) is 3.32. The third kappa shape index (κ3) is 3.02. The van der Waals surface area contributed by atoms with Gasteiger partial charge >= 0.3 is 11.9 Å². The third-order valence-corrected chi connectivity index (χ3v) is 8.47. The molecule has 0 radical (unpaired) electrons. The van der Waals surface area contributed by atoms with Gasteiger partial charge in [-0.1, -0.05) is 13.8 Å². The first-order valence-electron chi connectivity index (χ1n) is 11.8. The van der Waals surface area contributed by atoms with Crippen LogP contribution in [-0.2, 0) is 33.3 Å². The van der Waals surface area contributed by atoms with E-state index in [4.69, 9.17) is 23.7 Å². The van der Waals surface area contributed by atoms with E-state index in [9.17, 15) is 9.59 Å². The van der Waals surface area contributed by atoms with Crippen LogP contribution in [0.15, 0.2) is 11.1 Å². The van der Waals surface area contributed by atoms with Crippen LogP contribution in [0, 0.1) is 23.2 Å². The fourth-order valence-corrected chi connectivity index (χ4v) is 7.07. The first kappa shape index (κ1) is 22.3. The largest absolute Gasteiger partial charge is 0.466 e. The van der Waals surface area contributed by atoms with Crippen LogP contribution in [0.2, 0.25) is 0 Å². The second-order valence-corrected chi connectivity index (χ2v) is 10.7. The van der Waals surface area contributed by atoms with E-state index in [1.54, 1.807) is 0 Å². The Balaban J connectivity index is 1.56. The van der Waals surface area contributed by atoms with E-state index < -0.39 is 23.3 Å². The van der Waals surface area contributed by atoms with Crippen LogP contribution in [0.3, 0.4) is 0 Å². The van der Waals surface area contributed by atoms with Crippen LogP contribution in [0.1, 0.15) is 39.5 Å². The number of nitrogens with zero attached hydrogens (tertiary/aromatic N) is 1. The first-order chi connectivity index (χ1) is 15.3. The standard InChI is InChI=1S/C24H35NO7/c1-22(2)13-31-23(32-14-22)6-5-15-11-16(23)12-17-18(20(26)28-3)19(21(27)29-4)24(15,17)25-7-9-30-10-8-25/h15-17H,5-14H2,1-4H3/t15?,16?,17-,24+/m0/s1. The average Bonchev–Trinajstić information content (AvgIpc) is 2.80. The summed E-state index contributed by atoms with van der Waals surface area (Å²) in [5.41, 5.74) is 0.477. The monoisotopic (exact) mass is 449 g/mol. The molecule has 3 aliphatic carbocycles. The zero-order valence-electron chi connectivity index (χ0n) is 19.6. The van der Waals surface area contributed by atoms with E-state index in [1.807, 2.05) is 0 Å². The second-order valence-electron chi connectivity index (χ2n) is 10.7. The van der Waals surface area contributed by atoms with Gasteiger partial charge in [0.2, 0.25) is 0 Å². The predicted molar refractivity (Wildman–Crippen MR) is 114 cm³/mol. The lowest BCUT2D eigenvalue weighted by atomic mass is 9.45. The number of fused-ring (bicyclic) bond motifs is 5. The van der Waals surface area contributed by atoms with Crippen LogP contribution < -0.4 is 0 Å². The smallest absolute Gasteiger partial charge is 0.336 e. The quantitative estimate of drug-likeness (QED) is 0.605. The number of carbonyl (C=O) groups excluding carboxylic acids is 2. The minimum absolute atomic E-state index is 0.0000720. The molecule has 8 nitrogen and oxygen atoms in total. The lowest BCUT2D eigenvalue weighted by Gasteiger charge is -2.67. The molecule has 1 spiro atoms. The lowest BCUT2D eigenvalue weighted by Crippen LogP contribution is -2.74. The van der Waals surface area contributed by atoms with Gasteiger partial charge in [0.15, 0.2) is 5.79 Å². The molecule has 8 heteroatoms. The van der Waals surface area contributed by atoms with E-state index in [0.29, 0.717) is 37.6 Å². The van der Waals surface area contributed by atoms with Crippen molar-refractivity contribution in [2.75, 3.05) is 53.7 Å². The summed E-state index contributed by atoms with van der Waals surface area (Å²) in [5.74, 6) is -1.15. The van der Waals surface area contributed by atoms with Gasteiger partial charge in [0, 0.05) is 36.8 Å². The fourth-order valence-electron chi connectivity index (χ4n) is 7.07. The molecule has 4 atom stereocenters. The van der Waals surface area contributed by atoms with Crippen molar-refractivity contribution in [1.29, 1.82) is 0 Å². The van der Waals surface area contributed by atoms with E-state index in [2.05, 4.69) is 18.7 Å². The van der Waals surface area contributed by atoms with Gasteiger partial charge < -0.3 is 23.7 Å². The number of esters is 2. The Bertz CT molecular complexity index is 820. The van der Waals surface area contributed by atoms with Gasteiger partial charge in [-0.3, -0.25) is 4.90 Å². The molecule has 0 N–H and O–H groups in total. The number of rotatable bonds is 3. The Hall–Kier alpha value is -1.48. The first-order valence-corrected chi connectivity index (χ1v) is 11.8. The number of hydrogen-bond acceptors (Lipinski definition) is 8. The molecule has 2 aliphatic heterocycles. The summed E-state index contributed by atoms with van der Waals surface area (Å²) in [6, 6.07) is 0. The molecule has 0 aromatic heterocycles. The maximum Gasteiger partial charge on any atom is 0.336 e. The van der Waals surface area contributed by atoms with E-state index in [-0.39, 0.29) is 23.2 Å². The molecular formula is C24H35NO7. The molecule has 2 unspecified atom stereocenters. The summed E-state index contributed by atoms with van der Waals surface area (Å²) in [6.45, 7) is 8.36. The lowest BCUT2D eigenvalue weighted by molar-refractivity contribution is -0.347. The van der Waals surface area contributed by atoms with Crippen LogP contribution in [0.4, 0.5) is 0 Å². The van der Waals surface area contributed by atoms with Crippen LogP contribution in [-0.4, -0.2) is 81.9 Å². The Morgan fingerprint density at radius 2 is 1.62 bits per heavy atom. The molecule has 0 amide bonds. The van der Waals surface area contributed by atoms with Crippen LogP contribution >= 0.6 is 0 Å². The SMILES string of the molecule is COC(=O)C1=C(C(=O)OC)[C@@]2(N3CCOCC3)C3CCC4(OCC(C)(C)CO4)C(C3)C[C@@H]12. The molecular weight excluding hydrogens is 414 g/mol. The summed E-state index contributed by atoms with van der Waals surface area (Å²) < 4.78 is 28.8. The van der Waals surface area contributed by atoms with E-state index in [1.165, 1.54) is 14.2 Å². The van der Waals surface area contributed by atoms with Crippen molar-refractivity contribution in [3.05, 3.63) is 11.1 Å². The van der Waals surface area contributed by atoms with Gasteiger partial charge in [-0.15, -0.1) is 0 Å². The van der Waals surface area contributed by atoms with Crippen molar-refractivity contribution < 1.29 is 33.3 Å². The molecule has 178 valence electrons. The van der Waals surface area contributed by atoms with Crippen molar-refractivity contribution in [3.63, 3.8) is 0 Å². The summed E-state index contributed by atoms with van der Waals surface area (Å²) in [5, 5.41) is 0. The molecule has 2 saturated carbocycles. The minimum Gasteiger partial charge on any atom is -0.466 e. The highest BCUT2D eigenvalue weighted by atomic mass is 16.7. The highest BCUT2D eigenvalue weighted by Crippen LogP contribution is 2.65. The van der Waals surface area contributed by atoms with Crippen LogP contribution in [0.25, 0.3) is 0 Å². The average molecular weight is 450 g/mol. The van der Waals surface area contributed by atoms with Crippen molar-refractivity contribution in [1.82, 2.24) is 4.90 Å². The molecule has 2 bridgehead atoms. The third-order valence-electron chi connectivity index (χ3n) is 8.47. The highest BCUT2D eigenvalue weighted by molar-refractivity contribution is 6.06. The van der Waals surface area contributed by atoms with Crippen molar-refractivity contribution in [2.24, 2.45) is 23.2 Å². The Kier molecular flexibility index (Phi) is 5.43. The number of morpholine rings is 1. The van der Waals surface area contributed by atoms with Gasteiger partial charge in [-0.2, -0.15) is 0 Å². The zero-order valence-corrected chi connectivity index (χ0v) is 19.6. The molecule has 5 aliphatic rings. The molecule has 32 heavy (non-hydrogen) atoms. The number of methoxy groups -OCH3 is 2. The minimum atomic E-state index is -0.592. The Morgan fingerprint density at radius 1 is 0.969 bits per heavy atom. The molecule has 5 rings (SSSR count). The van der Waals surface area contributed by atoms with E-state index in [0.717, 1.165) is 38.8 Å². The van der Waals surface area contributed by atoms with Gasteiger partial charge in [0.25, 0.3) is 0 Å². The molecule has 2 saturated heterocycles. The van der Waals surface area contributed by atoms with Crippen molar-refractivity contribution >= 4 is 11.9 Å². The maximum absolute atomic E-state index is 13.1. The number of ether oxygens (including phenoxy) is 5. The van der Waals surface area contributed by atoms with Gasteiger partial charge in [0.1, 0.15) is 0 Å². The van der Waals surface area contributed by atoms with Gasteiger partial charge in [0.05, 0.1) is 57.3 Å². The molecule has 0 aromatic carbocycles. The molecule has 0 aromatic rings. The maximum atomic E-state index is 13.1. The fraction of sp³-hybridized carbons (Fsp3) is 0.833. The Morgan fingerprint density at radius 3 is 2.25 bits per heavy atom. The van der Waals surface area contributed by atoms with Crippen molar-refractivity contribution in [2.45, 2.75) is 50.9 Å². The normalized spacial score (nSPS) is 37.9. The summed E-state index contributed by atoms with van der Waals surface area (Å²) >= 11 is 0. The summed E-state index contributed by atoms with van der Waals surface area (Å²) in [7, 11) is 2.76.